The number of aliphatic hydroxyl groups is 1. The number of aliphatic hydroxyl groups excluding tert-OH is 1. The Morgan fingerprint density at radius 2 is 2.36 bits per heavy atom. The van der Waals surface area contributed by atoms with Gasteiger partial charge in [-0.05, 0) is 44.3 Å². The molecule has 0 radical (unpaired) electrons. The third kappa shape index (κ3) is 2.07. The first-order chi connectivity index (χ1) is 6.72. The van der Waals surface area contributed by atoms with E-state index in [9.17, 15) is 5.11 Å². The monoisotopic (exact) mass is 340 g/mol. The summed E-state index contributed by atoms with van der Waals surface area (Å²) in [6.07, 6.45) is 1.03. The van der Waals surface area contributed by atoms with Gasteiger partial charge in [0.2, 0.25) is 0 Å². The van der Waals surface area contributed by atoms with Crippen molar-refractivity contribution in [3.8, 4) is 0 Å². The van der Waals surface area contributed by atoms with Gasteiger partial charge in [0.25, 0.3) is 0 Å². The molecule has 2 heterocycles. The van der Waals surface area contributed by atoms with Crippen LogP contribution in [0, 0.1) is 5.92 Å². The molecule has 78 valence electrons. The van der Waals surface area contributed by atoms with Crippen LogP contribution in [0.2, 0.25) is 0 Å². The van der Waals surface area contributed by atoms with Gasteiger partial charge in [-0.3, -0.25) is 0 Å². The van der Waals surface area contributed by atoms with Gasteiger partial charge >= 0.3 is 0 Å². The van der Waals surface area contributed by atoms with Crippen LogP contribution in [-0.4, -0.2) is 18.3 Å². The van der Waals surface area contributed by atoms with Crippen LogP contribution in [0.25, 0.3) is 0 Å². The lowest BCUT2D eigenvalue weighted by Crippen LogP contribution is -2.09. The molecule has 1 aromatic rings. The fraction of sp³-hybridized carbons (Fsp3) is 0.556. The Balaban J connectivity index is 2.21. The molecule has 1 aliphatic rings. The van der Waals surface area contributed by atoms with Crippen LogP contribution >= 0.6 is 43.2 Å². The van der Waals surface area contributed by atoms with Gasteiger partial charge in [-0.15, -0.1) is 11.3 Å². The summed E-state index contributed by atoms with van der Waals surface area (Å²) in [6.45, 7) is 0.959. The first-order valence-corrected chi connectivity index (χ1v) is 6.80. The quantitative estimate of drug-likeness (QED) is 0.893. The van der Waals surface area contributed by atoms with Gasteiger partial charge in [-0.1, -0.05) is 0 Å². The smallest absolute Gasteiger partial charge is 0.0968 e. The molecule has 1 aliphatic heterocycles. The molecule has 0 spiro atoms. The maximum Gasteiger partial charge on any atom is 0.0968 e. The van der Waals surface area contributed by atoms with Crippen molar-refractivity contribution >= 4 is 43.2 Å². The molecule has 5 heteroatoms. The van der Waals surface area contributed by atoms with Gasteiger partial charge in [-0.25, -0.2) is 0 Å². The van der Waals surface area contributed by atoms with Crippen LogP contribution < -0.4 is 0 Å². The summed E-state index contributed by atoms with van der Waals surface area (Å²) in [6, 6.07) is 2.06. The first-order valence-electron chi connectivity index (χ1n) is 4.39. The second kappa shape index (κ2) is 4.61. The summed E-state index contributed by atoms with van der Waals surface area (Å²) in [5.41, 5.74) is 0. The summed E-state index contributed by atoms with van der Waals surface area (Å²) in [4.78, 5) is 1.18. The minimum absolute atomic E-state index is 0.0765. The molecule has 1 aromatic heterocycles. The average Bonchev–Trinajstić information content (AvgIpc) is 2.73. The van der Waals surface area contributed by atoms with Crippen molar-refractivity contribution < 1.29 is 9.84 Å². The number of ether oxygens (including phenoxy) is 1. The van der Waals surface area contributed by atoms with Gasteiger partial charge in [0, 0.05) is 28.5 Å². The van der Waals surface area contributed by atoms with Crippen LogP contribution in [0.5, 0.6) is 0 Å². The largest absolute Gasteiger partial charge is 0.396 e. The maximum atomic E-state index is 9.18. The molecule has 0 aromatic carbocycles. The SMILES string of the molecule is OCC1CCOC1c1cc(Br)c(Br)s1. The predicted molar refractivity (Wildman–Crippen MR) is 63.6 cm³/mol. The Morgan fingerprint density at radius 3 is 2.93 bits per heavy atom. The van der Waals surface area contributed by atoms with E-state index in [0.717, 1.165) is 21.3 Å². The topological polar surface area (TPSA) is 29.5 Å². The van der Waals surface area contributed by atoms with Crippen LogP contribution in [-0.2, 0) is 4.74 Å². The molecule has 1 fully saturated rings. The standard InChI is InChI=1S/C9H10Br2O2S/c10-6-3-7(14-9(6)11)8-5(4-12)1-2-13-8/h3,5,8,12H,1-2,4H2. The number of hydrogen-bond acceptors (Lipinski definition) is 3. The zero-order chi connectivity index (χ0) is 10.1. The van der Waals surface area contributed by atoms with Crippen LogP contribution in [0.4, 0.5) is 0 Å². The molecular weight excluding hydrogens is 332 g/mol. The Kier molecular flexibility index (Phi) is 3.65. The second-order valence-corrected chi connectivity index (χ2v) is 6.55. The molecule has 14 heavy (non-hydrogen) atoms. The van der Waals surface area contributed by atoms with Gasteiger partial charge < -0.3 is 9.84 Å². The molecule has 2 unspecified atom stereocenters. The first kappa shape index (κ1) is 11.1. The van der Waals surface area contributed by atoms with Crippen LogP contribution in [0.15, 0.2) is 14.3 Å². The van der Waals surface area contributed by atoms with Gasteiger partial charge in [0.05, 0.1) is 9.89 Å². The third-order valence-corrected chi connectivity index (χ3v) is 5.71. The lowest BCUT2D eigenvalue weighted by molar-refractivity contribution is 0.0747. The molecule has 1 saturated heterocycles. The van der Waals surface area contributed by atoms with Crippen molar-refractivity contribution in [2.75, 3.05) is 13.2 Å². The Bertz CT molecular complexity index is 307. The molecule has 2 nitrogen and oxygen atoms in total. The molecule has 2 atom stereocenters. The zero-order valence-electron chi connectivity index (χ0n) is 7.37. The van der Waals surface area contributed by atoms with Crippen molar-refractivity contribution in [3.63, 3.8) is 0 Å². The minimum atomic E-state index is 0.0765. The fourth-order valence-corrected chi connectivity index (χ4v) is 3.87. The summed E-state index contributed by atoms with van der Waals surface area (Å²) < 4.78 is 7.76. The number of thiophene rings is 1. The number of halogens is 2. The summed E-state index contributed by atoms with van der Waals surface area (Å²) in [5.74, 6) is 0.257. The Hall–Kier alpha value is 0.580. The average molecular weight is 342 g/mol. The van der Waals surface area contributed by atoms with E-state index in [1.165, 1.54) is 4.88 Å². The molecule has 0 amide bonds. The molecule has 1 N–H and O–H groups in total. The summed E-state index contributed by atoms with van der Waals surface area (Å²) in [7, 11) is 0. The number of hydrogen-bond donors (Lipinski definition) is 1. The predicted octanol–water partition coefficient (Wildman–Crippen LogP) is 3.34. The lowest BCUT2D eigenvalue weighted by Gasteiger charge is -2.13. The molecule has 0 saturated carbocycles. The van der Waals surface area contributed by atoms with Crippen molar-refractivity contribution in [3.05, 3.63) is 19.2 Å². The summed E-state index contributed by atoms with van der Waals surface area (Å²) in [5, 5.41) is 9.18. The highest BCUT2D eigenvalue weighted by molar-refractivity contribution is 9.13. The van der Waals surface area contributed by atoms with Crippen molar-refractivity contribution in [2.24, 2.45) is 5.92 Å². The van der Waals surface area contributed by atoms with E-state index in [4.69, 9.17) is 4.74 Å². The van der Waals surface area contributed by atoms with E-state index in [1.54, 1.807) is 11.3 Å². The fourth-order valence-electron chi connectivity index (χ4n) is 1.64. The molecule has 2 rings (SSSR count). The van der Waals surface area contributed by atoms with E-state index in [-0.39, 0.29) is 18.6 Å². The lowest BCUT2D eigenvalue weighted by atomic mass is 10.0. The van der Waals surface area contributed by atoms with Crippen molar-refractivity contribution in [1.29, 1.82) is 0 Å². The van der Waals surface area contributed by atoms with Gasteiger partial charge in [0.1, 0.15) is 0 Å². The Morgan fingerprint density at radius 1 is 1.57 bits per heavy atom. The van der Waals surface area contributed by atoms with E-state index in [0.29, 0.717) is 0 Å². The second-order valence-electron chi connectivity index (χ2n) is 3.29. The molecular formula is C9H10Br2O2S. The van der Waals surface area contributed by atoms with Crippen molar-refractivity contribution in [1.82, 2.24) is 0 Å². The normalized spacial score (nSPS) is 27.1. The van der Waals surface area contributed by atoms with Gasteiger partial charge in [0.15, 0.2) is 0 Å². The van der Waals surface area contributed by atoms with E-state index in [1.807, 2.05) is 0 Å². The molecule has 0 bridgehead atoms. The van der Waals surface area contributed by atoms with E-state index < -0.39 is 0 Å². The zero-order valence-corrected chi connectivity index (χ0v) is 11.4. The highest BCUT2D eigenvalue weighted by Gasteiger charge is 2.30. The van der Waals surface area contributed by atoms with Crippen molar-refractivity contribution in [2.45, 2.75) is 12.5 Å². The van der Waals surface area contributed by atoms with Crippen LogP contribution in [0.3, 0.4) is 0 Å². The maximum absolute atomic E-state index is 9.18. The van der Waals surface area contributed by atoms with E-state index in [2.05, 4.69) is 37.9 Å². The Labute approximate surface area is 104 Å². The summed E-state index contributed by atoms with van der Waals surface area (Å²) >= 11 is 8.57. The third-order valence-electron chi connectivity index (χ3n) is 2.39. The minimum Gasteiger partial charge on any atom is -0.396 e. The number of rotatable bonds is 2. The van der Waals surface area contributed by atoms with Crippen LogP contribution in [0.1, 0.15) is 17.4 Å². The molecule has 0 aliphatic carbocycles. The van der Waals surface area contributed by atoms with E-state index >= 15 is 0 Å². The highest BCUT2D eigenvalue weighted by atomic mass is 79.9. The highest BCUT2D eigenvalue weighted by Crippen LogP contribution is 2.42. The van der Waals surface area contributed by atoms with Gasteiger partial charge in [-0.2, -0.15) is 0 Å².